The van der Waals surface area contributed by atoms with Gasteiger partial charge in [0.1, 0.15) is 17.1 Å². The Morgan fingerprint density at radius 3 is 2.71 bits per heavy atom. The Balaban J connectivity index is 3.34. The number of carbonyl (C=O) groups excluding carboxylic acids is 1. The molecule has 0 aliphatic rings. The van der Waals surface area contributed by atoms with Gasteiger partial charge in [-0.15, -0.1) is 0 Å². The third-order valence-electron chi connectivity index (χ3n) is 2.02. The molecule has 0 bridgehead atoms. The van der Waals surface area contributed by atoms with Gasteiger partial charge in [0.2, 0.25) is 0 Å². The Hall–Kier alpha value is -1.63. The van der Waals surface area contributed by atoms with Crippen LogP contribution in [0, 0.1) is 5.82 Å². The molecule has 0 amide bonds. The van der Waals surface area contributed by atoms with Gasteiger partial charge in [-0.1, -0.05) is 0 Å². The molecule has 0 radical (unpaired) electrons. The Morgan fingerprint density at radius 2 is 2.24 bits per heavy atom. The van der Waals surface area contributed by atoms with Crippen molar-refractivity contribution in [3.05, 3.63) is 28.8 Å². The smallest absolute Gasteiger partial charge is 0.343 e. The van der Waals surface area contributed by atoms with E-state index in [2.05, 4.69) is 9.72 Å². The normalized spacial score (nSPS) is 10.7. The van der Waals surface area contributed by atoms with Crippen molar-refractivity contribution in [2.75, 3.05) is 6.61 Å². The first-order chi connectivity index (χ1) is 8.02. The zero-order valence-corrected chi connectivity index (χ0v) is 9.04. The lowest BCUT2D eigenvalue weighted by Crippen LogP contribution is -2.16. The van der Waals surface area contributed by atoms with Crippen molar-refractivity contribution in [2.45, 2.75) is 19.9 Å². The number of aromatic nitrogens is 1. The summed E-state index contributed by atoms with van der Waals surface area (Å²) in [6, 6.07) is 0. The molecule has 17 heavy (non-hydrogen) atoms. The van der Waals surface area contributed by atoms with E-state index in [9.17, 15) is 18.0 Å². The van der Waals surface area contributed by atoms with Gasteiger partial charge in [-0.25, -0.2) is 18.0 Å². The third kappa shape index (κ3) is 2.73. The fourth-order valence-electron chi connectivity index (χ4n) is 1.25. The van der Waals surface area contributed by atoms with E-state index in [0.29, 0.717) is 0 Å². The third-order valence-corrected chi connectivity index (χ3v) is 2.02. The van der Waals surface area contributed by atoms with Crippen LogP contribution in [0.3, 0.4) is 0 Å². The molecule has 94 valence electrons. The lowest BCUT2D eigenvalue weighted by molar-refractivity contribution is 0.0506. The largest absolute Gasteiger partial charge is 0.462 e. The van der Waals surface area contributed by atoms with Crippen LogP contribution in [-0.4, -0.2) is 17.6 Å². The highest BCUT2D eigenvalue weighted by Gasteiger charge is 2.26. The maximum atomic E-state index is 13.7. The molecule has 0 saturated carbocycles. The number of pyridine rings is 1. The van der Waals surface area contributed by atoms with Crippen LogP contribution in [0.4, 0.5) is 13.2 Å². The van der Waals surface area contributed by atoms with E-state index >= 15 is 0 Å². The summed E-state index contributed by atoms with van der Waals surface area (Å²) < 4.78 is 43.4. The number of esters is 1. The number of nitrogens with zero attached hydrogens (tertiary/aromatic N) is 1. The molecule has 2 N–H and O–H groups in total. The average Bonchev–Trinajstić information content (AvgIpc) is 2.28. The molecule has 0 aliphatic heterocycles. The van der Waals surface area contributed by atoms with E-state index in [-0.39, 0.29) is 18.7 Å². The predicted octanol–water partition coefficient (Wildman–Crippen LogP) is 1.79. The van der Waals surface area contributed by atoms with Crippen LogP contribution in [0.15, 0.2) is 6.20 Å². The highest BCUT2D eigenvalue weighted by molar-refractivity contribution is 5.91. The summed E-state index contributed by atoms with van der Waals surface area (Å²) in [7, 11) is 0. The van der Waals surface area contributed by atoms with Crippen molar-refractivity contribution in [1.29, 1.82) is 0 Å². The minimum Gasteiger partial charge on any atom is -0.462 e. The summed E-state index contributed by atoms with van der Waals surface area (Å²) in [5.74, 6) is -2.26. The maximum Gasteiger partial charge on any atom is 0.343 e. The van der Waals surface area contributed by atoms with Gasteiger partial charge in [-0.05, 0) is 6.92 Å². The van der Waals surface area contributed by atoms with Crippen molar-refractivity contribution in [3.63, 3.8) is 0 Å². The summed E-state index contributed by atoms with van der Waals surface area (Å²) in [6.45, 7) is 1.20. The van der Waals surface area contributed by atoms with E-state index in [0.717, 1.165) is 6.20 Å². The van der Waals surface area contributed by atoms with Gasteiger partial charge in [0.25, 0.3) is 6.43 Å². The predicted molar refractivity (Wildman–Crippen MR) is 53.0 cm³/mol. The first-order valence-electron chi connectivity index (χ1n) is 4.85. The molecule has 0 aromatic carbocycles. The SMILES string of the molecule is CCOC(=O)c1c(C(F)F)ncc(CN)c1F. The van der Waals surface area contributed by atoms with E-state index < -0.39 is 29.5 Å². The number of rotatable bonds is 4. The minimum absolute atomic E-state index is 0.0478. The first-order valence-corrected chi connectivity index (χ1v) is 4.85. The van der Waals surface area contributed by atoms with Gasteiger partial charge < -0.3 is 10.5 Å². The number of hydrogen-bond donors (Lipinski definition) is 1. The molecule has 7 heteroatoms. The second kappa shape index (κ2) is 5.62. The topological polar surface area (TPSA) is 65.2 Å². The Morgan fingerprint density at radius 1 is 1.59 bits per heavy atom. The second-order valence-electron chi connectivity index (χ2n) is 3.08. The Bertz CT molecular complexity index is 424. The highest BCUT2D eigenvalue weighted by Crippen LogP contribution is 2.25. The van der Waals surface area contributed by atoms with Crippen molar-refractivity contribution < 1.29 is 22.7 Å². The van der Waals surface area contributed by atoms with Crippen LogP contribution in [-0.2, 0) is 11.3 Å². The van der Waals surface area contributed by atoms with Gasteiger partial charge in [0.15, 0.2) is 0 Å². The molecule has 4 nitrogen and oxygen atoms in total. The molecule has 0 atom stereocenters. The number of halogens is 3. The maximum absolute atomic E-state index is 13.7. The molecule has 1 heterocycles. The summed E-state index contributed by atoms with van der Waals surface area (Å²) in [4.78, 5) is 14.7. The number of hydrogen-bond acceptors (Lipinski definition) is 4. The van der Waals surface area contributed by atoms with Crippen LogP contribution in [0.5, 0.6) is 0 Å². The van der Waals surface area contributed by atoms with E-state index in [4.69, 9.17) is 5.73 Å². The summed E-state index contributed by atoms with van der Waals surface area (Å²) in [5, 5.41) is 0. The monoisotopic (exact) mass is 248 g/mol. The number of ether oxygens (including phenoxy) is 1. The molecule has 1 aromatic rings. The molecule has 0 unspecified atom stereocenters. The molecule has 0 saturated heterocycles. The van der Waals surface area contributed by atoms with Gasteiger partial charge in [0.05, 0.1) is 6.61 Å². The lowest BCUT2D eigenvalue weighted by atomic mass is 10.1. The zero-order chi connectivity index (χ0) is 13.0. The van der Waals surface area contributed by atoms with Crippen molar-refractivity contribution in [3.8, 4) is 0 Å². The van der Waals surface area contributed by atoms with Gasteiger partial charge >= 0.3 is 5.97 Å². The van der Waals surface area contributed by atoms with Crippen LogP contribution in [0.1, 0.15) is 35.0 Å². The fourth-order valence-corrected chi connectivity index (χ4v) is 1.25. The Kier molecular flexibility index (Phi) is 4.45. The molecular weight excluding hydrogens is 237 g/mol. The molecule has 0 spiro atoms. The average molecular weight is 248 g/mol. The van der Waals surface area contributed by atoms with Crippen LogP contribution < -0.4 is 5.73 Å². The molecule has 1 rings (SSSR count). The van der Waals surface area contributed by atoms with Crippen LogP contribution >= 0.6 is 0 Å². The standard InChI is InChI=1S/C10H11F3N2O2/c1-2-17-10(16)6-7(11)5(3-14)4-15-8(6)9(12)13/h4,9H,2-3,14H2,1H3. The van der Waals surface area contributed by atoms with Crippen LogP contribution in [0.25, 0.3) is 0 Å². The van der Waals surface area contributed by atoms with Gasteiger partial charge in [-0.3, -0.25) is 4.98 Å². The number of carbonyl (C=O) groups is 1. The first kappa shape index (κ1) is 13.4. The summed E-state index contributed by atoms with van der Waals surface area (Å²) in [6.07, 6.45) is -2.17. The lowest BCUT2D eigenvalue weighted by Gasteiger charge is -2.10. The molecule has 0 fully saturated rings. The van der Waals surface area contributed by atoms with Crippen molar-refractivity contribution >= 4 is 5.97 Å². The number of alkyl halides is 2. The molecular formula is C10H11F3N2O2. The van der Waals surface area contributed by atoms with E-state index in [1.165, 1.54) is 6.92 Å². The van der Waals surface area contributed by atoms with E-state index in [1.54, 1.807) is 0 Å². The summed E-state index contributed by atoms with van der Waals surface area (Å²) in [5.41, 5.74) is 3.31. The quantitative estimate of drug-likeness (QED) is 0.825. The van der Waals surface area contributed by atoms with Gasteiger partial charge in [0, 0.05) is 18.3 Å². The van der Waals surface area contributed by atoms with Crippen molar-refractivity contribution in [1.82, 2.24) is 4.98 Å². The Labute approximate surface area is 95.6 Å². The number of nitrogens with two attached hydrogens (primary N) is 1. The minimum atomic E-state index is -3.06. The van der Waals surface area contributed by atoms with Gasteiger partial charge in [-0.2, -0.15) is 0 Å². The molecule has 1 aromatic heterocycles. The summed E-state index contributed by atoms with van der Waals surface area (Å²) >= 11 is 0. The fraction of sp³-hybridized carbons (Fsp3) is 0.400. The highest BCUT2D eigenvalue weighted by atomic mass is 19.3. The van der Waals surface area contributed by atoms with Crippen molar-refractivity contribution in [2.24, 2.45) is 5.73 Å². The molecule has 0 aliphatic carbocycles. The van der Waals surface area contributed by atoms with Crippen LogP contribution in [0.2, 0.25) is 0 Å². The van der Waals surface area contributed by atoms with E-state index in [1.807, 2.05) is 0 Å². The zero-order valence-electron chi connectivity index (χ0n) is 9.04. The second-order valence-corrected chi connectivity index (χ2v) is 3.08.